The van der Waals surface area contributed by atoms with Crippen LogP contribution in [0.5, 0.6) is 17.2 Å². The van der Waals surface area contributed by atoms with Crippen molar-refractivity contribution in [3.8, 4) is 17.2 Å². The zero-order valence-corrected chi connectivity index (χ0v) is 18.9. The molecular weight excluding hydrogens is 410 g/mol. The van der Waals surface area contributed by atoms with E-state index < -0.39 is 0 Å². The summed E-state index contributed by atoms with van der Waals surface area (Å²) in [6, 6.07) is 9.07. The topological polar surface area (TPSA) is 80.3 Å². The fourth-order valence-electron chi connectivity index (χ4n) is 4.52. The maximum atomic E-state index is 12.9. The molecule has 2 amide bonds. The molecule has 1 fully saturated rings. The predicted octanol–water partition coefficient (Wildman–Crippen LogP) is 2.98. The van der Waals surface area contributed by atoms with Crippen molar-refractivity contribution >= 4 is 23.2 Å². The highest BCUT2D eigenvalue weighted by Gasteiger charge is 2.38. The van der Waals surface area contributed by atoms with Gasteiger partial charge in [0.15, 0.2) is 11.5 Å². The van der Waals surface area contributed by atoms with Gasteiger partial charge in [0.2, 0.25) is 11.7 Å². The second-order valence-electron chi connectivity index (χ2n) is 8.02. The predicted molar refractivity (Wildman–Crippen MR) is 122 cm³/mol. The lowest BCUT2D eigenvalue weighted by Gasteiger charge is -2.44. The highest BCUT2D eigenvalue weighted by molar-refractivity contribution is 6.07. The molecule has 0 saturated carbocycles. The van der Waals surface area contributed by atoms with Crippen molar-refractivity contribution in [3.05, 3.63) is 41.5 Å². The summed E-state index contributed by atoms with van der Waals surface area (Å²) in [5.74, 6) is 1.43. The zero-order valence-electron chi connectivity index (χ0n) is 18.9. The first-order valence-electron chi connectivity index (χ1n) is 10.7. The first-order valence-corrected chi connectivity index (χ1v) is 10.7. The average molecular weight is 440 g/mol. The minimum Gasteiger partial charge on any atom is -0.493 e. The van der Waals surface area contributed by atoms with Gasteiger partial charge in [-0.1, -0.05) is 0 Å². The number of piperidine rings is 1. The number of likely N-dealkylation sites (N-methyl/N-ethyl adjacent to an activating group) is 1. The molecule has 1 saturated heterocycles. The van der Waals surface area contributed by atoms with E-state index in [4.69, 9.17) is 14.2 Å². The largest absolute Gasteiger partial charge is 0.493 e. The molecule has 2 aromatic carbocycles. The Morgan fingerprint density at radius 2 is 1.75 bits per heavy atom. The molecule has 0 aliphatic carbocycles. The van der Waals surface area contributed by atoms with Crippen LogP contribution in [0.4, 0.5) is 11.4 Å². The van der Waals surface area contributed by atoms with Gasteiger partial charge in [-0.3, -0.25) is 9.59 Å². The Labute approximate surface area is 188 Å². The fraction of sp³-hybridized carbons (Fsp3) is 0.417. The summed E-state index contributed by atoms with van der Waals surface area (Å²) in [5.41, 5.74) is 3.10. The molecule has 170 valence electrons. The molecule has 0 spiro atoms. The normalized spacial score (nSPS) is 17.4. The van der Waals surface area contributed by atoms with Gasteiger partial charge < -0.3 is 29.3 Å². The number of nitrogens with one attached hydrogen (secondary N) is 1. The lowest BCUT2D eigenvalue weighted by atomic mass is 9.96. The Kier molecular flexibility index (Phi) is 6.12. The van der Waals surface area contributed by atoms with E-state index in [1.807, 2.05) is 12.1 Å². The summed E-state index contributed by atoms with van der Waals surface area (Å²) in [6.07, 6.45) is 3.01. The second-order valence-corrected chi connectivity index (χ2v) is 8.02. The van der Waals surface area contributed by atoms with Crippen molar-refractivity contribution in [2.75, 3.05) is 44.7 Å². The Morgan fingerprint density at radius 1 is 1.03 bits per heavy atom. The number of hydrogen-bond acceptors (Lipinski definition) is 6. The molecule has 2 aliphatic rings. The summed E-state index contributed by atoms with van der Waals surface area (Å²) in [5, 5.41) is 2.94. The summed E-state index contributed by atoms with van der Waals surface area (Å²) in [4.78, 5) is 29.6. The molecule has 2 aromatic rings. The number of hydrogen-bond donors (Lipinski definition) is 1. The smallest absolute Gasteiger partial charge is 0.251 e. The number of carbonyl (C=O) groups is 2. The first-order chi connectivity index (χ1) is 15.5. The fourth-order valence-corrected chi connectivity index (χ4v) is 4.52. The SMILES string of the molecule is COc1cc(CNC(=O)c2ccc3c(c2)N(C)C(=O)C2CCCCN32)cc(OC)c1OC. The lowest BCUT2D eigenvalue weighted by Crippen LogP contribution is -2.54. The van der Waals surface area contributed by atoms with Crippen LogP contribution in [-0.2, 0) is 11.3 Å². The second kappa shape index (κ2) is 8.98. The Morgan fingerprint density at radius 3 is 2.41 bits per heavy atom. The van der Waals surface area contributed by atoms with Crippen molar-refractivity contribution in [2.45, 2.75) is 31.8 Å². The van der Waals surface area contributed by atoms with Gasteiger partial charge in [0, 0.05) is 25.7 Å². The lowest BCUT2D eigenvalue weighted by molar-refractivity contribution is -0.120. The molecule has 2 heterocycles. The van der Waals surface area contributed by atoms with E-state index in [1.54, 1.807) is 51.5 Å². The molecule has 2 aliphatic heterocycles. The highest BCUT2D eigenvalue weighted by atomic mass is 16.5. The van der Waals surface area contributed by atoms with E-state index in [1.165, 1.54) is 0 Å². The number of amides is 2. The molecule has 0 radical (unpaired) electrons. The highest BCUT2D eigenvalue weighted by Crippen LogP contribution is 2.40. The standard InChI is InChI=1S/C24H29N3O5/c1-26-19-13-16(8-9-17(19)27-10-6-5-7-18(27)24(26)29)23(28)25-14-15-11-20(30-2)22(32-4)21(12-15)31-3/h8-9,11-13,18H,5-7,10,14H2,1-4H3,(H,25,28). The van der Waals surface area contributed by atoms with Crippen molar-refractivity contribution in [1.82, 2.24) is 5.32 Å². The van der Waals surface area contributed by atoms with Crippen molar-refractivity contribution < 1.29 is 23.8 Å². The number of benzene rings is 2. The Bertz CT molecular complexity index is 1010. The van der Waals surface area contributed by atoms with Crippen LogP contribution in [0.2, 0.25) is 0 Å². The van der Waals surface area contributed by atoms with Crippen LogP contribution in [-0.4, -0.2) is 52.8 Å². The number of carbonyl (C=O) groups excluding carboxylic acids is 2. The number of rotatable bonds is 6. The van der Waals surface area contributed by atoms with Crippen LogP contribution in [0, 0.1) is 0 Å². The number of fused-ring (bicyclic) bond motifs is 3. The van der Waals surface area contributed by atoms with Gasteiger partial charge in [-0.05, 0) is 55.2 Å². The molecule has 8 nitrogen and oxygen atoms in total. The van der Waals surface area contributed by atoms with Crippen molar-refractivity contribution in [2.24, 2.45) is 0 Å². The van der Waals surface area contributed by atoms with E-state index in [2.05, 4.69) is 10.2 Å². The minimum atomic E-state index is -0.219. The summed E-state index contributed by atoms with van der Waals surface area (Å²) < 4.78 is 16.1. The van der Waals surface area contributed by atoms with Crippen LogP contribution in [0.3, 0.4) is 0 Å². The average Bonchev–Trinajstić information content (AvgIpc) is 2.84. The molecular formula is C24H29N3O5. The third-order valence-electron chi connectivity index (χ3n) is 6.20. The third kappa shape index (κ3) is 3.81. The van der Waals surface area contributed by atoms with Gasteiger partial charge in [0.25, 0.3) is 5.91 Å². The number of methoxy groups -OCH3 is 3. The number of ether oxygens (including phenoxy) is 3. The molecule has 1 N–H and O–H groups in total. The Balaban J connectivity index is 1.54. The van der Waals surface area contributed by atoms with Crippen LogP contribution in [0.1, 0.15) is 35.2 Å². The minimum absolute atomic E-state index is 0.0900. The van der Waals surface area contributed by atoms with E-state index >= 15 is 0 Å². The molecule has 1 atom stereocenters. The maximum Gasteiger partial charge on any atom is 0.251 e. The molecule has 0 bridgehead atoms. The van der Waals surface area contributed by atoms with Gasteiger partial charge in [-0.15, -0.1) is 0 Å². The van der Waals surface area contributed by atoms with Crippen LogP contribution in [0.25, 0.3) is 0 Å². The molecule has 1 unspecified atom stereocenters. The first kappa shape index (κ1) is 21.8. The van der Waals surface area contributed by atoms with Gasteiger partial charge in [0.1, 0.15) is 6.04 Å². The number of anilines is 2. The van der Waals surface area contributed by atoms with E-state index in [0.29, 0.717) is 22.8 Å². The van der Waals surface area contributed by atoms with E-state index in [-0.39, 0.29) is 24.4 Å². The maximum absolute atomic E-state index is 12.9. The molecule has 0 aromatic heterocycles. The van der Waals surface area contributed by atoms with Crippen molar-refractivity contribution in [3.63, 3.8) is 0 Å². The quantitative estimate of drug-likeness (QED) is 0.746. The summed E-state index contributed by atoms with van der Waals surface area (Å²) in [7, 11) is 6.44. The van der Waals surface area contributed by atoms with E-state index in [9.17, 15) is 9.59 Å². The van der Waals surface area contributed by atoms with Gasteiger partial charge in [-0.2, -0.15) is 0 Å². The van der Waals surface area contributed by atoms with E-state index in [0.717, 1.165) is 42.7 Å². The van der Waals surface area contributed by atoms with Crippen LogP contribution < -0.4 is 29.3 Å². The zero-order chi connectivity index (χ0) is 22.8. The van der Waals surface area contributed by atoms with Crippen LogP contribution >= 0.6 is 0 Å². The molecule has 4 rings (SSSR count). The third-order valence-corrected chi connectivity index (χ3v) is 6.20. The summed E-state index contributed by atoms with van der Waals surface area (Å²) >= 11 is 0. The van der Waals surface area contributed by atoms with Gasteiger partial charge in [-0.25, -0.2) is 0 Å². The monoisotopic (exact) mass is 439 g/mol. The van der Waals surface area contributed by atoms with Gasteiger partial charge in [0.05, 0.1) is 32.7 Å². The Hall–Kier alpha value is -3.42. The molecule has 32 heavy (non-hydrogen) atoms. The summed E-state index contributed by atoms with van der Waals surface area (Å²) in [6.45, 7) is 1.15. The van der Waals surface area contributed by atoms with Gasteiger partial charge >= 0.3 is 0 Å². The number of nitrogens with zero attached hydrogens (tertiary/aromatic N) is 2. The van der Waals surface area contributed by atoms with Crippen LogP contribution in [0.15, 0.2) is 30.3 Å². The molecule has 8 heteroatoms. The van der Waals surface area contributed by atoms with Crippen molar-refractivity contribution in [1.29, 1.82) is 0 Å².